The van der Waals surface area contributed by atoms with Crippen LogP contribution >= 0.6 is 22.9 Å². The van der Waals surface area contributed by atoms with Crippen molar-refractivity contribution in [3.05, 3.63) is 58.4 Å². The van der Waals surface area contributed by atoms with Crippen LogP contribution in [0.25, 0.3) is 10.1 Å². The van der Waals surface area contributed by atoms with E-state index in [-0.39, 0.29) is 9.77 Å². The van der Waals surface area contributed by atoms with Gasteiger partial charge in [-0.3, -0.25) is 4.72 Å². The maximum Gasteiger partial charge on any atom is 0.349 e. The molecular formula is C16H12ClNO4S2. The molecule has 0 unspecified atom stereocenters. The van der Waals surface area contributed by atoms with Gasteiger partial charge in [-0.05, 0) is 24.3 Å². The van der Waals surface area contributed by atoms with Crippen LogP contribution in [0.15, 0.2) is 53.4 Å². The lowest BCUT2D eigenvalue weighted by Crippen LogP contribution is -2.16. The van der Waals surface area contributed by atoms with Crippen molar-refractivity contribution in [2.75, 3.05) is 11.8 Å². The Hall–Kier alpha value is -2.09. The first-order valence-corrected chi connectivity index (χ1v) is 9.48. The second-order valence-electron chi connectivity index (χ2n) is 4.86. The van der Waals surface area contributed by atoms with E-state index in [9.17, 15) is 13.2 Å². The van der Waals surface area contributed by atoms with Gasteiger partial charge in [0.2, 0.25) is 0 Å². The highest BCUT2D eigenvalue weighted by Gasteiger charge is 2.29. The number of hydrogen-bond donors (Lipinski definition) is 1. The number of halogens is 1. The van der Waals surface area contributed by atoms with Gasteiger partial charge in [0.05, 0.1) is 12.8 Å². The quantitative estimate of drug-likeness (QED) is 0.689. The summed E-state index contributed by atoms with van der Waals surface area (Å²) in [5.41, 5.74) is 0.314. The molecule has 0 aliphatic carbocycles. The monoisotopic (exact) mass is 381 g/mol. The van der Waals surface area contributed by atoms with Crippen LogP contribution < -0.4 is 4.72 Å². The highest BCUT2D eigenvalue weighted by atomic mass is 35.5. The van der Waals surface area contributed by atoms with Crippen LogP contribution in [0.5, 0.6) is 0 Å². The van der Waals surface area contributed by atoms with E-state index in [2.05, 4.69) is 4.72 Å². The molecule has 124 valence electrons. The average molecular weight is 382 g/mol. The van der Waals surface area contributed by atoms with E-state index in [1.54, 1.807) is 42.5 Å². The Kier molecular flexibility index (Phi) is 4.49. The Morgan fingerprint density at radius 2 is 1.92 bits per heavy atom. The Labute approximate surface area is 147 Å². The minimum absolute atomic E-state index is 0.0354. The fraction of sp³-hybridized carbons (Fsp3) is 0.0625. The highest BCUT2D eigenvalue weighted by Crippen LogP contribution is 2.36. The number of thiophene rings is 1. The smallest absolute Gasteiger partial charge is 0.349 e. The molecule has 1 N–H and O–H groups in total. The third kappa shape index (κ3) is 3.10. The van der Waals surface area contributed by atoms with Gasteiger partial charge in [0.15, 0.2) is 0 Å². The fourth-order valence-electron chi connectivity index (χ4n) is 2.27. The number of ether oxygens (including phenoxy) is 1. The number of carbonyl (C=O) groups excluding carboxylic acids is 1. The van der Waals surface area contributed by atoms with E-state index in [1.807, 2.05) is 0 Å². The third-order valence-corrected chi connectivity index (χ3v) is 6.25. The summed E-state index contributed by atoms with van der Waals surface area (Å²) >= 11 is 6.97. The van der Waals surface area contributed by atoms with Crippen molar-refractivity contribution in [2.45, 2.75) is 4.90 Å². The van der Waals surface area contributed by atoms with Crippen LogP contribution in [0.3, 0.4) is 0 Å². The van der Waals surface area contributed by atoms with E-state index in [1.165, 1.54) is 13.2 Å². The minimum Gasteiger partial charge on any atom is -0.465 e. The molecule has 1 heterocycles. The normalized spacial score (nSPS) is 11.4. The number of methoxy groups -OCH3 is 1. The lowest BCUT2D eigenvalue weighted by molar-refractivity contribution is 0.0602. The summed E-state index contributed by atoms with van der Waals surface area (Å²) < 4.78 is 33.6. The van der Waals surface area contributed by atoms with Gasteiger partial charge in [0.25, 0.3) is 10.0 Å². The molecule has 0 atom stereocenters. The van der Waals surface area contributed by atoms with Crippen molar-refractivity contribution in [1.82, 2.24) is 0 Å². The van der Waals surface area contributed by atoms with Crippen molar-refractivity contribution < 1.29 is 17.9 Å². The van der Waals surface area contributed by atoms with Crippen molar-refractivity contribution in [1.29, 1.82) is 0 Å². The van der Waals surface area contributed by atoms with Gasteiger partial charge in [-0.2, -0.15) is 0 Å². The van der Waals surface area contributed by atoms with E-state index in [4.69, 9.17) is 16.3 Å². The Balaban J connectivity index is 2.17. The molecule has 5 nitrogen and oxygen atoms in total. The summed E-state index contributed by atoms with van der Waals surface area (Å²) in [5, 5.41) is 0.871. The zero-order chi connectivity index (χ0) is 17.3. The second kappa shape index (κ2) is 6.43. The zero-order valence-corrected chi connectivity index (χ0v) is 14.8. The van der Waals surface area contributed by atoms with Gasteiger partial charge in [-0.25, -0.2) is 13.2 Å². The summed E-state index contributed by atoms with van der Waals surface area (Å²) in [4.78, 5) is 12.0. The summed E-state index contributed by atoms with van der Waals surface area (Å²) in [5.74, 6) is -0.692. The number of sulfonamides is 1. The molecule has 0 amide bonds. The standard InChI is InChI=1S/C16H12ClNO4S2/c1-22-16(19)14-15(12-7-2-3-8-13(12)23-14)24(20,21)18-11-6-4-5-10(17)9-11/h2-9,18H,1H3. The molecule has 0 fully saturated rings. The summed E-state index contributed by atoms with van der Waals surface area (Å²) in [7, 11) is -2.78. The van der Waals surface area contributed by atoms with Gasteiger partial charge in [0, 0.05) is 15.1 Å². The number of carbonyl (C=O) groups is 1. The lowest BCUT2D eigenvalue weighted by Gasteiger charge is -2.09. The molecule has 8 heteroatoms. The molecule has 2 aromatic carbocycles. The number of benzene rings is 2. The number of rotatable bonds is 4. The molecule has 3 aromatic rings. The molecule has 0 radical (unpaired) electrons. The Bertz CT molecular complexity index is 1030. The largest absolute Gasteiger partial charge is 0.465 e. The van der Waals surface area contributed by atoms with Crippen LogP contribution in [0.2, 0.25) is 5.02 Å². The number of nitrogens with one attached hydrogen (secondary N) is 1. The molecule has 3 rings (SSSR count). The first-order valence-electron chi connectivity index (χ1n) is 6.80. The van der Waals surface area contributed by atoms with Gasteiger partial charge < -0.3 is 4.74 Å². The first-order chi connectivity index (χ1) is 11.4. The molecule has 24 heavy (non-hydrogen) atoms. The van der Waals surface area contributed by atoms with Crippen molar-refractivity contribution >= 4 is 54.7 Å². The molecule has 0 saturated heterocycles. The summed E-state index contributed by atoms with van der Waals surface area (Å²) in [6, 6.07) is 13.2. The van der Waals surface area contributed by atoms with Crippen LogP contribution in [-0.4, -0.2) is 21.5 Å². The SMILES string of the molecule is COC(=O)c1sc2ccccc2c1S(=O)(=O)Nc1cccc(Cl)c1. The van der Waals surface area contributed by atoms with E-state index >= 15 is 0 Å². The lowest BCUT2D eigenvalue weighted by atomic mass is 10.2. The molecular weight excluding hydrogens is 370 g/mol. The summed E-state index contributed by atoms with van der Waals surface area (Å²) in [6.45, 7) is 0. The predicted octanol–water partition coefficient (Wildman–Crippen LogP) is 4.14. The fourth-order valence-corrected chi connectivity index (χ4v) is 5.33. The van der Waals surface area contributed by atoms with E-state index in [0.717, 1.165) is 11.3 Å². The van der Waals surface area contributed by atoms with Crippen LogP contribution in [0.1, 0.15) is 9.67 Å². The van der Waals surface area contributed by atoms with Crippen molar-refractivity contribution in [2.24, 2.45) is 0 Å². The predicted molar refractivity (Wildman–Crippen MR) is 95.4 cm³/mol. The van der Waals surface area contributed by atoms with Crippen molar-refractivity contribution in [3.63, 3.8) is 0 Å². The molecule has 0 bridgehead atoms. The number of hydrogen-bond acceptors (Lipinski definition) is 5. The average Bonchev–Trinajstić information content (AvgIpc) is 2.94. The van der Waals surface area contributed by atoms with Gasteiger partial charge in [-0.15, -0.1) is 11.3 Å². The maximum absolute atomic E-state index is 12.9. The molecule has 1 aromatic heterocycles. The van der Waals surface area contributed by atoms with E-state index in [0.29, 0.717) is 20.8 Å². The number of fused-ring (bicyclic) bond motifs is 1. The highest BCUT2D eigenvalue weighted by molar-refractivity contribution is 7.93. The topological polar surface area (TPSA) is 72.5 Å². The Morgan fingerprint density at radius 1 is 1.17 bits per heavy atom. The Morgan fingerprint density at radius 3 is 2.62 bits per heavy atom. The number of anilines is 1. The van der Waals surface area contributed by atoms with Gasteiger partial charge in [0.1, 0.15) is 9.77 Å². The molecule has 0 spiro atoms. The zero-order valence-electron chi connectivity index (χ0n) is 12.4. The number of esters is 1. The third-order valence-electron chi connectivity index (χ3n) is 3.27. The van der Waals surface area contributed by atoms with Crippen LogP contribution in [0, 0.1) is 0 Å². The molecule has 0 aliphatic rings. The maximum atomic E-state index is 12.9. The molecule has 0 saturated carbocycles. The van der Waals surface area contributed by atoms with Crippen molar-refractivity contribution in [3.8, 4) is 0 Å². The second-order valence-corrected chi connectivity index (χ2v) is 7.97. The van der Waals surface area contributed by atoms with Crippen LogP contribution in [0.4, 0.5) is 5.69 Å². The van der Waals surface area contributed by atoms with E-state index < -0.39 is 16.0 Å². The minimum atomic E-state index is -4.00. The first kappa shape index (κ1) is 16.8. The van der Waals surface area contributed by atoms with Gasteiger partial charge >= 0.3 is 5.97 Å². The summed E-state index contributed by atoms with van der Waals surface area (Å²) in [6.07, 6.45) is 0. The molecule has 0 aliphatic heterocycles. The van der Waals surface area contributed by atoms with Crippen LogP contribution in [-0.2, 0) is 14.8 Å². The van der Waals surface area contributed by atoms with Gasteiger partial charge in [-0.1, -0.05) is 35.9 Å².